The predicted octanol–water partition coefficient (Wildman–Crippen LogP) is 0.564. The van der Waals surface area contributed by atoms with Gasteiger partial charge in [-0.1, -0.05) is 0 Å². The van der Waals surface area contributed by atoms with Crippen molar-refractivity contribution in [3.05, 3.63) is 23.8 Å². The van der Waals surface area contributed by atoms with Crippen molar-refractivity contribution in [3.63, 3.8) is 0 Å². The topological polar surface area (TPSA) is 105 Å². The highest BCUT2D eigenvalue weighted by atomic mass is 16.6. The third-order valence-electron chi connectivity index (χ3n) is 4.61. The van der Waals surface area contributed by atoms with Crippen molar-refractivity contribution in [1.29, 1.82) is 0 Å². The van der Waals surface area contributed by atoms with E-state index >= 15 is 0 Å². The molecule has 0 spiro atoms. The summed E-state index contributed by atoms with van der Waals surface area (Å²) in [6, 6.07) is 0. The van der Waals surface area contributed by atoms with Crippen LogP contribution in [-0.2, 0) is 14.3 Å². The van der Waals surface area contributed by atoms with Gasteiger partial charge in [-0.15, -0.1) is 0 Å². The quantitative estimate of drug-likeness (QED) is 0.620. The maximum atomic E-state index is 12.7. The van der Waals surface area contributed by atoms with E-state index in [-0.39, 0.29) is 36.6 Å². The number of piperazine rings is 1. The number of rotatable bonds is 8. The molecule has 10 nitrogen and oxygen atoms in total. The molecule has 1 aliphatic rings. The molecule has 0 aromatic carbocycles. The van der Waals surface area contributed by atoms with Crippen LogP contribution in [0.4, 0.5) is 4.79 Å². The fourth-order valence-corrected chi connectivity index (χ4v) is 2.92. The van der Waals surface area contributed by atoms with Gasteiger partial charge in [-0.2, -0.15) is 0 Å². The molecule has 0 bridgehead atoms. The molecule has 0 saturated carbocycles. The average Bonchev–Trinajstić information content (AvgIpc) is 2.74. The van der Waals surface area contributed by atoms with Crippen molar-refractivity contribution in [3.8, 4) is 0 Å². The van der Waals surface area contributed by atoms with Gasteiger partial charge in [0.05, 0.1) is 25.1 Å². The molecule has 0 radical (unpaired) electrons. The van der Waals surface area contributed by atoms with E-state index in [2.05, 4.69) is 9.97 Å². The molecule has 29 heavy (non-hydrogen) atoms. The maximum Gasteiger partial charge on any atom is 0.409 e. The van der Waals surface area contributed by atoms with E-state index in [1.54, 1.807) is 35.7 Å². The molecular weight excluding hydrogens is 378 g/mol. The summed E-state index contributed by atoms with van der Waals surface area (Å²) in [6.45, 7) is 6.64. The van der Waals surface area contributed by atoms with E-state index in [0.717, 1.165) is 5.69 Å². The summed E-state index contributed by atoms with van der Waals surface area (Å²) >= 11 is 0. The standard InChI is InChI=1S/C19H29N5O5/c1-4-29-19(27)24-9-7-22(8-10-24)17(25)5-6-23(11-12-28-3)18(26)16-14-20-15(2)13-21-16/h13-14H,4-12H2,1-3H3. The summed E-state index contributed by atoms with van der Waals surface area (Å²) in [6.07, 6.45) is 2.81. The van der Waals surface area contributed by atoms with Gasteiger partial charge in [0.1, 0.15) is 5.69 Å². The molecule has 10 heteroatoms. The second-order valence-corrected chi connectivity index (χ2v) is 6.64. The summed E-state index contributed by atoms with van der Waals surface area (Å²) < 4.78 is 10.1. The van der Waals surface area contributed by atoms with E-state index < -0.39 is 0 Å². The van der Waals surface area contributed by atoms with E-state index in [4.69, 9.17) is 9.47 Å². The maximum absolute atomic E-state index is 12.7. The molecule has 1 fully saturated rings. The molecule has 1 aliphatic heterocycles. The van der Waals surface area contributed by atoms with Crippen LogP contribution in [0, 0.1) is 6.92 Å². The minimum atomic E-state index is -0.352. The van der Waals surface area contributed by atoms with Gasteiger partial charge in [0, 0.05) is 59.0 Å². The first kappa shape index (κ1) is 22.5. The van der Waals surface area contributed by atoms with Crippen LogP contribution in [0.1, 0.15) is 29.5 Å². The molecule has 2 rings (SSSR count). The van der Waals surface area contributed by atoms with Gasteiger partial charge in [-0.05, 0) is 13.8 Å². The van der Waals surface area contributed by atoms with Gasteiger partial charge >= 0.3 is 6.09 Å². The van der Waals surface area contributed by atoms with Crippen molar-refractivity contribution in [2.24, 2.45) is 0 Å². The third kappa shape index (κ3) is 6.67. The third-order valence-corrected chi connectivity index (χ3v) is 4.61. The lowest BCUT2D eigenvalue weighted by atomic mass is 10.2. The number of ether oxygens (including phenoxy) is 2. The Balaban J connectivity index is 1.88. The van der Waals surface area contributed by atoms with Gasteiger partial charge in [0.15, 0.2) is 0 Å². The number of methoxy groups -OCH3 is 1. The summed E-state index contributed by atoms with van der Waals surface area (Å²) in [5, 5.41) is 0. The van der Waals surface area contributed by atoms with Crippen LogP contribution in [0.25, 0.3) is 0 Å². The Kier molecular flexibility index (Phi) is 8.78. The number of amides is 3. The van der Waals surface area contributed by atoms with Crippen LogP contribution in [0.15, 0.2) is 12.4 Å². The van der Waals surface area contributed by atoms with Gasteiger partial charge in [0.25, 0.3) is 5.91 Å². The van der Waals surface area contributed by atoms with Crippen LogP contribution in [-0.4, -0.2) is 102 Å². The smallest absolute Gasteiger partial charge is 0.409 e. The first-order valence-corrected chi connectivity index (χ1v) is 9.72. The Morgan fingerprint density at radius 1 is 1.07 bits per heavy atom. The molecule has 0 N–H and O–H groups in total. The average molecular weight is 407 g/mol. The Morgan fingerprint density at radius 3 is 2.34 bits per heavy atom. The molecule has 1 aromatic rings. The summed E-state index contributed by atoms with van der Waals surface area (Å²) in [7, 11) is 1.56. The van der Waals surface area contributed by atoms with Crippen molar-refractivity contribution >= 4 is 17.9 Å². The number of hydrogen-bond acceptors (Lipinski definition) is 7. The minimum absolute atomic E-state index is 0.0567. The number of nitrogens with zero attached hydrogens (tertiary/aromatic N) is 5. The number of carbonyl (C=O) groups is 3. The van der Waals surface area contributed by atoms with Crippen molar-refractivity contribution in [1.82, 2.24) is 24.7 Å². The number of aromatic nitrogens is 2. The van der Waals surface area contributed by atoms with E-state index in [1.165, 1.54) is 12.4 Å². The number of hydrogen-bond donors (Lipinski definition) is 0. The summed E-state index contributed by atoms with van der Waals surface area (Å²) in [4.78, 5) is 50.1. The predicted molar refractivity (Wildman–Crippen MR) is 104 cm³/mol. The molecule has 1 aromatic heterocycles. The van der Waals surface area contributed by atoms with Crippen molar-refractivity contribution in [2.45, 2.75) is 20.3 Å². The Morgan fingerprint density at radius 2 is 1.76 bits per heavy atom. The fraction of sp³-hybridized carbons (Fsp3) is 0.632. The van der Waals surface area contributed by atoms with Crippen LogP contribution in [0.5, 0.6) is 0 Å². The molecule has 1 saturated heterocycles. The van der Waals surface area contributed by atoms with E-state index in [9.17, 15) is 14.4 Å². The molecule has 2 heterocycles. The van der Waals surface area contributed by atoms with Crippen LogP contribution >= 0.6 is 0 Å². The van der Waals surface area contributed by atoms with Crippen molar-refractivity contribution in [2.75, 3.05) is 59.6 Å². The van der Waals surface area contributed by atoms with Gasteiger partial charge in [-0.3, -0.25) is 14.6 Å². The first-order chi connectivity index (χ1) is 14.0. The lowest BCUT2D eigenvalue weighted by Gasteiger charge is -2.34. The highest BCUT2D eigenvalue weighted by molar-refractivity contribution is 5.92. The SMILES string of the molecule is CCOC(=O)N1CCN(C(=O)CCN(CCOC)C(=O)c2cnc(C)cn2)CC1. The molecular formula is C19H29N5O5. The zero-order valence-corrected chi connectivity index (χ0v) is 17.3. The molecule has 0 atom stereocenters. The Labute approximate surface area is 170 Å². The summed E-state index contributed by atoms with van der Waals surface area (Å²) in [5.41, 5.74) is 0.962. The molecule has 0 unspecified atom stereocenters. The van der Waals surface area contributed by atoms with Gasteiger partial charge in [0.2, 0.25) is 5.91 Å². The van der Waals surface area contributed by atoms with E-state index in [0.29, 0.717) is 45.9 Å². The Hall–Kier alpha value is -2.75. The highest BCUT2D eigenvalue weighted by Gasteiger charge is 2.26. The van der Waals surface area contributed by atoms with Crippen LogP contribution < -0.4 is 0 Å². The van der Waals surface area contributed by atoms with Crippen molar-refractivity contribution < 1.29 is 23.9 Å². The van der Waals surface area contributed by atoms with E-state index in [1.807, 2.05) is 0 Å². The van der Waals surface area contributed by atoms with Gasteiger partial charge in [-0.25, -0.2) is 9.78 Å². The van der Waals surface area contributed by atoms with Crippen LogP contribution in [0.3, 0.4) is 0 Å². The van der Waals surface area contributed by atoms with Crippen LogP contribution in [0.2, 0.25) is 0 Å². The zero-order chi connectivity index (χ0) is 21.2. The second-order valence-electron chi connectivity index (χ2n) is 6.64. The summed E-state index contributed by atoms with van der Waals surface area (Å²) in [5.74, 6) is -0.340. The minimum Gasteiger partial charge on any atom is -0.450 e. The Bertz CT molecular complexity index is 689. The molecule has 0 aliphatic carbocycles. The number of aryl methyl sites for hydroxylation is 1. The second kappa shape index (κ2) is 11.3. The van der Waals surface area contributed by atoms with Gasteiger partial charge < -0.3 is 24.2 Å². The largest absolute Gasteiger partial charge is 0.450 e. The lowest BCUT2D eigenvalue weighted by molar-refractivity contribution is -0.133. The molecule has 3 amide bonds. The fourth-order valence-electron chi connectivity index (χ4n) is 2.92. The normalized spacial score (nSPS) is 13.9. The lowest BCUT2D eigenvalue weighted by Crippen LogP contribution is -2.51. The highest BCUT2D eigenvalue weighted by Crippen LogP contribution is 2.08. The number of carbonyl (C=O) groups excluding carboxylic acids is 3. The zero-order valence-electron chi connectivity index (χ0n) is 17.3. The molecule has 160 valence electrons. The monoisotopic (exact) mass is 407 g/mol. The first-order valence-electron chi connectivity index (χ1n) is 9.72.